The van der Waals surface area contributed by atoms with Crippen molar-refractivity contribution in [3.8, 4) is 0 Å². The lowest BCUT2D eigenvalue weighted by atomic mass is 10.1. The fourth-order valence-electron chi connectivity index (χ4n) is 2.37. The van der Waals surface area contributed by atoms with Crippen molar-refractivity contribution < 1.29 is 9.18 Å². The van der Waals surface area contributed by atoms with Crippen molar-refractivity contribution in [3.63, 3.8) is 0 Å². The summed E-state index contributed by atoms with van der Waals surface area (Å²) < 4.78 is 13.7. The number of carbonyl (C=O) groups is 1. The molecule has 0 radical (unpaired) electrons. The average Bonchev–Trinajstić information content (AvgIpc) is 2.64. The van der Waals surface area contributed by atoms with Crippen LogP contribution in [-0.2, 0) is 6.42 Å². The van der Waals surface area contributed by atoms with Gasteiger partial charge < -0.3 is 10.6 Å². The van der Waals surface area contributed by atoms with Crippen LogP contribution in [0.2, 0.25) is 0 Å². The smallest absolute Gasteiger partial charge is 0.274 e. The molecular weight excluding hydrogens is 319 g/mol. The van der Waals surface area contributed by atoms with Gasteiger partial charge in [-0.15, -0.1) is 0 Å². The van der Waals surface area contributed by atoms with Gasteiger partial charge in [-0.25, -0.2) is 14.4 Å². The van der Waals surface area contributed by atoms with Gasteiger partial charge in [0.05, 0.1) is 5.69 Å². The second-order valence-electron chi connectivity index (χ2n) is 5.34. The molecule has 25 heavy (non-hydrogen) atoms. The number of amides is 1. The summed E-state index contributed by atoms with van der Waals surface area (Å²) in [5, 5.41) is 5.63. The summed E-state index contributed by atoms with van der Waals surface area (Å²) in [5.74, 6) is -0.612. The van der Waals surface area contributed by atoms with Crippen molar-refractivity contribution in [3.05, 3.63) is 77.9 Å². The van der Waals surface area contributed by atoms with Crippen molar-refractivity contribution in [2.75, 3.05) is 10.6 Å². The van der Waals surface area contributed by atoms with E-state index >= 15 is 0 Å². The molecule has 6 heteroatoms. The number of para-hydroxylation sites is 2. The van der Waals surface area contributed by atoms with E-state index in [1.807, 2.05) is 31.2 Å². The highest BCUT2D eigenvalue weighted by molar-refractivity contribution is 6.03. The van der Waals surface area contributed by atoms with Crippen LogP contribution in [-0.4, -0.2) is 15.9 Å². The Morgan fingerprint density at radius 1 is 1.04 bits per heavy atom. The van der Waals surface area contributed by atoms with Crippen molar-refractivity contribution in [1.29, 1.82) is 0 Å². The molecule has 0 saturated heterocycles. The van der Waals surface area contributed by atoms with Crippen LogP contribution in [0.15, 0.2) is 60.8 Å². The topological polar surface area (TPSA) is 66.9 Å². The number of hydrogen-bond donors (Lipinski definition) is 2. The third kappa shape index (κ3) is 3.98. The molecule has 0 saturated carbocycles. The van der Waals surface area contributed by atoms with Crippen LogP contribution in [0.25, 0.3) is 0 Å². The maximum Gasteiger partial charge on any atom is 0.274 e. The van der Waals surface area contributed by atoms with Crippen molar-refractivity contribution >= 4 is 23.2 Å². The molecule has 2 N–H and O–H groups in total. The Balaban J connectivity index is 1.79. The summed E-state index contributed by atoms with van der Waals surface area (Å²) >= 11 is 0. The minimum absolute atomic E-state index is 0.154. The van der Waals surface area contributed by atoms with E-state index in [-0.39, 0.29) is 23.2 Å². The number of nitrogens with one attached hydrogen (secondary N) is 2. The Hall–Kier alpha value is -3.28. The number of nitrogens with zero attached hydrogens (tertiary/aromatic N) is 2. The van der Waals surface area contributed by atoms with E-state index in [1.54, 1.807) is 18.2 Å². The summed E-state index contributed by atoms with van der Waals surface area (Å²) in [4.78, 5) is 20.6. The molecule has 3 rings (SSSR count). The molecule has 0 spiro atoms. The van der Waals surface area contributed by atoms with E-state index in [4.69, 9.17) is 0 Å². The Kier molecular flexibility index (Phi) is 4.99. The molecule has 1 aromatic heterocycles. The second kappa shape index (κ2) is 7.53. The normalized spacial score (nSPS) is 10.3. The van der Waals surface area contributed by atoms with Gasteiger partial charge in [-0.05, 0) is 36.2 Å². The van der Waals surface area contributed by atoms with Gasteiger partial charge in [0, 0.05) is 11.9 Å². The molecule has 0 bridgehead atoms. The van der Waals surface area contributed by atoms with Gasteiger partial charge in [0.15, 0.2) is 0 Å². The SMILES string of the molecule is CCc1ccccc1NC(=O)c1ccnc(Nc2ccccc2F)n1. The lowest BCUT2D eigenvalue weighted by Crippen LogP contribution is -2.15. The number of anilines is 3. The van der Waals surface area contributed by atoms with Crippen LogP contribution in [0.3, 0.4) is 0 Å². The first kappa shape index (κ1) is 16.6. The van der Waals surface area contributed by atoms with E-state index < -0.39 is 5.82 Å². The van der Waals surface area contributed by atoms with Crippen LogP contribution in [0.5, 0.6) is 0 Å². The molecule has 0 atom stereocenters. The van der Waals surface area contributed by atoms with E-state index in [2.05, 4.69) is 20.6 Å². The molecule has 0 aliphatic rings. The highest BCUT2D eigenvalue weighted by Crippen LogP contribution is 2.18. The van der Waals surface area contributed by atoms with Gasteiger partial charge in [0.25, 0.3) is 5.91 Å². The standard InChI is InChI=1S/C19H17FN4O/c1-2-13-7-3-5-9-15(13)22-18(25)17-11-12-21-19(24-17)23-16-10-6-4-8-14(16)20/h3-12H,2H2,1H3,(H,22,25)(H,21,23,24). The van der Waals surface area contributed by atoms with E-state index in [0.717, 1.165) is 17.7 Å². The van der Waals surface area contributed by atoms with Crippen LogP contribution < -0.4 is 10.6 Å². The Labute approximate surface area is 145 Å². The summed E-state index contributed by atoms with van der Waals surface area (Å²) in [5.41, 5.74) is 2.22. The second-order valence-corrected chi connectivity index (χ2v) is 5.34. The monoisotopic (exact) mass is 336 g/mol. The molecule has 2 aromatic carbocycles. The maximum absolute atomic E-state index is 13.7. The average molecular weight is 336 g/mol. The van der Waals surface area contributed by atoms with E-state index in [0.29, 0.717) is 0 Å². The first-order valence-corrected chi connectivity index (χ1v) is 7.91. The van der Waals surface area contributed by atoms with Crippen molar-refractivity contribution in [2.45, 2.75) is 13.3 Å². The maximum atomic E-state index is 13.7. The number of hydrogen-bond acceptors (Lipinski definition) is 4. The summed E-state index contributed by atoms with van der Waals surface area (Å²) in [6.45, 7) is 2.02. The number of carbonyl (C=O) groups excluding carboxylic acids is 1. The Morgan fingerprint density at radius 3 is 2.52 bits per heavy atom. The Bertz CT molecular complexity index is 898. The molecule has 1 amide bonds. The highest BCUT2D eigenvalue weighted by atomic mass is 19.1. The third-order valence-corrected chi connectivity index (χ3v) is 3.66. The number of halogens is 1. The first-order valence-electron chi connectivity index (χ1n) is 7.91. The largest absolute Gasteiger partial charge is 0.322 e. The molecule has 1 heterocycles. The van der Waals surface area contributed by atoms with Gasteiger partial charge in [-0.2, -0.15) is 0 Å². The lowest BCUT2D eigenvalue weighted by Gasteiger charge is -2.10. The molecular formula is C19H17FN4O. The van der Waals surface area contributed by atoms with Gasteiger partial charge in [-0.1, -0.05) is 37.3 Å². The predicted octanol–water partition coefficient (Wildman–Crippen LogP) is 4.17. The lowest BCUT2D eigenvalue weighted by molar-refractivity contribution is 0.102. The molecule has 0 fully saturated rings. The number of aromatic nitrogens is 2. The fraction of sp³-hybridized carbons (Fsp3) is 0.105. The van der Waals surface area contributed by atoms with E-state index in [9.17, 15) is 9.18 Å². The zero-order valence-electron chi connectivity index (χ0n) is 13.7. The molecule has 0 aliphatic carbocycles. The van der Waals surface area contributed by atoms with Crippen LogP contribution in [0.1, 0.15) is 23.0 Å². The van der Waals surface area contributed by atoms with E-state index in [1.165, 1.54) is 18.3 Å². The highest BCUT2D eigenvalue weighted by Gasteiger charge is 2.11. The zero-order valence-corrected chi connectivity index (χ0v) is 13.7. The Morgan fingerprint density at radius 2 is 1.76 bits per heavy atom. The molecule has 5 nitrogen and oxygen atoms in total. The third-order valence-electron chi connectivity index (χ3n) is 3.66. The van der Waals surface area contributed by atoms with Crippen molar-refractivity contribution in [1.82, 2.24) is 9.97 Å². The minimum Gasteiger partial charge on any atom is -0.322 e. The summed E-state index contributed by atoms with van der Waals surface area (Å²) in [7, 11) is 0. The predicted molar refractivity (Wildman–Crippen MR) is 95.5 cm³/mol. The molecule has 0 unspecified atom stereocenters. The molecule has 0 aliphatic heterocycles. The van der Waals surface area contributed by atoms with Gasteiger partial charge in [0.1, 0.15) is 11.5 Å². The first-order chi connectivity index (χ1) is 12.2. The molecule has 3 aromatic rings. The van der Waals surface area contributed by atoms with Crippen LogP contribution in [0, 0.1) is 5.82 Å². The summed E-state index contributed by atoms with van der Waals surface area (Å²) in [6.07, 6.45) is 2.26. The van der Waals surface area contributed by atoms with Gasteiger partial charge in [-0.3, -0.25) is 4.79 Å². The number of rotatable bonds is 5. The zero-order chi connectivity index (χ0) is 17.6. The number of benzene rings is 2. The van der Waals surface area contributed by atoms with Gasteiger partial charge >= 0.3 is 0 Å². The minimum atomic E-state index is -0.419. The summed E-state index contributed by atoms with van der Waals surface area (Å²) in [6, 6.07) is 15.3. The van der Waals surface area contributed by atoms with Crippen molar-refractivity contribution in [2.24, 2.45) is 0 Å². The number of aryl methyl sites for hydroxylation is 1. The van der Waals surface area contributed by atoms with Gasteiger partial charge in [0.2, 0.25) is 5.95 Å². The quantitative estimate of drug-likeness (QED) is 0.734. The van der Waals surface area contributed by atoms with Crippen LogP contribution in [0.4, 0.5) is 21.7 Å². The molecule has 126 valence electrons. The fourth-order valence-corrected chi connectivity index (χ4v) is 2.37. The van der Waals surface area contributed by atoms with Crippen LogP contribution >= 0.6 is 0 Å².